The molecule has 0 atom stereocenters. The first-order valence-electron chi connectivity index (χ1n) is 29.7. The van der Waals surface area contributed by atoms with Crippen molar-refractivity contribution >= 4 is 88.8 Å². The molecule has 4 aliphatic carbocycles. The summed E-state index contributed by atoms with van der Waals surface area (Å²) < 4.78 is 14.4. The monoisotopic (exact) mass is 1040 g/mol. The van der Waals surface area contributed by atoms with Gasteiger partial charge in [-0.15, -0.1) is 0 Å². The number of benzene rings is 10. The molecule has 0 saturated heterocycles. The molecule has 4 heteroatoms. The lowest BCUT2D eigenvalue weighted by atomic mass is 9.67. The summed E-state index contributed by atoms with van der Waals surface area (Å²) in [7, 11) is 0. The molecule has 0 unspecified atom stereocenters. The van der Waals surface area contributed by atoms with Gasteiger partial charge in [-0.3, -0.25) is 0 Å². The van der Waals surface area contributed by atoms with Crippen molar-refractivity contribution in [2.75, 3.05) is 9.80 Å². The van der Waals surface area contributed by atoms with Crippen molar-refractivity contribution in [1.82, 2.24) is 0 Å². The fourth-order valence-corrected chi connectivity index (χ4v) is 15.6. The van der Waals surface area contributed by atoms with Gasteiger partial charge in [0, 0.05) is 54.8 Å². The maximum Gasteiger partial charge on any atom is 0.159 e. The SMILES string of the molecule is CC1(C)c2cc(N(c3ccccc3)c3cccc4c3oc3c(C5CCCCC5)cccc34)ccc2-c2cc3c(cc21)-c1ccc(N(c2ccccc2)c2cccc4c2oc2c(C5CCCCC5)cccc24)c2cccc(c12)C3(C)C. The molecule has 4 aliphatic rings. The van der Waals surface area contributed by atoms with Crippen LogP contribution < -0.4 is 9.80 Å². The summed E-state index contributed by atoms with van der Waals surface area (Å²) in [5.41, 5.74) is 23.4. The van der Waals surface area contributed by atoms with E-state index in [0.717, 1.165) is 61.8 Å². The zero-order chi connectivity index (χ0) is 53.4. The zero-order valence-electron chi connectivity index (χ0n) is 46.4. The number of hydrogen-bond donors (Lipinski definition) is 0. The molecule has 0 bridgehead atoms. The molecule has 80 heavy (non-hydrogen) atoms. The second-order valence-electron chi connectivity index (χ2n) is 24.8. The highest BCUT2D eigenvalue weighted by Crippen LogP contribution is 2.58. The van der Waals surface area contributed by atoms with Crippen LogP contribution in [0.4, 0.5) is 34.1 Å². The summed E-state index contributed by atoms with van der Waals surface area (Å²) in [5, 5.41) is 7.30. The third-order valence-corrected chi connectivity index (χ3v) is 19.6. The Kier molecular flexibility index (Phi) is 10.8. The minimum atomic E-state index is -0.291. The van der Waals surface area contributed by atoms with E-state index in [9.17, 15) is 0 Å². The molecule has 0 amide bonds. The molecular formula is C76H66N2O2. The van der Waals surface area contributed by atoms with Crippen LogP contribution in [0.3, 0.4) is 0 Å². The smallest absolute Gasteiger partial charge is 0.159 e. The summed E-state index contributed by atoms with van der Waals surface area (Å²) in [6, 6.07) is 73.0. The van der Waals surface area contributed by atoms with Crippen LogP contribution in [0.2, 0.25) is 0 Å². The van der Waals surface area contributed by atoms with Crippen molar-refractivity contribution in [2.24, 2.45) is 0 Å². The largest absolute Gasteiger partial charge is 0.454 e. The second-order valence-corrected chi connectivity index (χ2v) is 24.8. The van der Waals surface area contributed by atoms with Crippen molar-refractivity contribution in [3.63, 3.8) is 0 Å². The normalized spacial score (nSPS) is 16.6. The summed E-state index contributed by atoms with van der Waals surface area (Å²) in [5.74, 6) is 1.07. The highest BCUT2D eigenvalue weighted by atomic mass is 16.3. The van der Waals surface area contributed by atoms with Gasteiger partial charge in [0.05, 0.1) is 17.1 Å². The molecule has 2 heterocycles. The molecule has 2 aromatic heterocycles. The van der Waals surface area contributed by atoms with Crippen LogP contribution in [-0.2, 0) is 10.8 Å². The van der Waals surface area contributed by atoms with E-state index in [0.29, 0.717) is 11.8 Å². The molecule has 4 nitrogen and oxygen atoms in total. The quantitative estimate of drug-likeness (QED) is 0.152. The van der Waals surface area contributed by atoms with Crippen LogP contribution in [0, 0.1) is 0 Å². The molecule has 12 aromatic rings. The van der Waals surface area contributed by atoms with Crippen LogP contribution in [0.25, 0.3) is 76.9 Å². The Hall–Kier alpha value is -8.34. The lowest BCUT2D eigenvalue weighted by molar-refractivity contribution is 0.442. The molecule has 0 N–H and O–H groups in total. The van der Waals surface area contributed by atoms with Crippen molar-refractivity contribution in [3.8, 4) is 22.3 Å². The van der Waals surface area contributed by atoms with Gasteiger partial charge >= 0.3 is 0 Å². The third-order valence-electron chi connectivity index (χ3n) is 19.6. The maximum absolute atomic E-state index is 7.22. The fraction of sp³-hybridized carbons (Fsp3) is 0.237. The lowest BCUT2D eigenvalue weighted by Crippen LogP contribution is -2.25. The third kappa shape index (κ3) is 7.06. The molecule has 16 rings (SSSR count). The number of hydrogen-bond acceptors (Lipinski definition) is 4. The number of para-hydroxylation sites is 6. The van der Waals surface area contributed by atoms with Crippen LogP contribution >= 0.6 is 0 Å². The maximum atomic E-state index is 7.22. The Morgan fingerprint density at radius 3 is 1.35 bits per heavy atom. The summed E-state index contributed by atoms with van der Waals surface area (Å²) in [6.45, 7) is 9.75. The standard InChI is InChI=1S/C76H66N2O2/c1-75(2)63-37-19-36-60-67(78(50-28-15-8-16-29-50)69-39-21-35-59-57-33-18-31-53(72(57)80-74(59)69)48-24-11-6-12-25-48)43-42-55(70(60)63)62-46-65-61(45-66(62)75)54-41-40-51(44-64(54)76(65,3)4)77(49-26-13-7-14-27-49)68-38-20-34-58-56-32-17-30-52(71(56)79-73(58)68)47-22-9-5-10-23-47/h7-8,13-21,26-48H,5-6,9-12,22-25H2,1-4H3. The van der Waals surface area contributed by atoms with Gasteiger partial charge in [-0.2, -0.15) is 0 Å². The number of fused-ring (bicyclic) bond motifs is 11. The van der Waals surface area contributed by atoms with Crippen molar-refractivity contribution < 1.29 is 8.83 Å². The molecular weight excluding hydrogens is 973 g/mol. The second kappa shape index (κ2) is 18.1. The van der Waals surface area contributed by atoms with Crippen LogP contribution in [-0.4, -0.2) is 0 Å². The number of rotatable bonds is 8. The predicted octanol–water partition coefficient (Wildman–Crippen LogP) is 22.3. The van der Waals surface area contributed by atoms with Crippen LogP contribution in [0.1, 0.15) is 137 Å². The van der Waals surface area contributed by atoms with Crippen molar-refractivity contribution in [3.05, 3.63) is 228 Å². The van der Waals surface area contributed by atoms with Gasteiger partial charge in [0.25, 0.3) is 0 Å². The van der Waals surface area contributed by atoms with Crippen molar-refractivity contribution in [1.29, 1.82) is 0 Å². The summed E-state index contributed by atoms with van der Waals surface area (Å²) in [6.07, 6.45) is 12.7. The van der Waals surface area contributed by atoms with E-state index < -0.39 is 0 Å². The molecule has 392 valence electrons. The zero-order valence-corrected chi connectivity index (χ0v) is 46.4. The Balaban J connectivity index is 0.830. The van der Waals surface area contributed by atoms with Gasteiger partial charge in [0.15, 0.2) is 11.2 Å². The van der Waals surface area contributed by atoms with Gasteiger partial charge in [-0.05, 0) is 165 Å². The van der Waals surface area contributed by atoms with Crippen molar-refractivity contribution in [2.45, 2.75) is 115 Å². The minimum absolute atomic E-state index is 0.287. The van der Waals surface area contributed by atoms with E-state index in [2.05, 4.69) is 232 Å². The van der Waals surface area contributed by atoms with E-state index in [1.54, 1.807) is 0 Å². The average molecular weight is 1040 g/mol. The van der Waals surface area contributed by atoms with E-state index in [1.165, 1.54) is 147 Å². The average Bonchev–Trinajstić information content (AvgIpc) is 4.16. The lowest BCUT2D eigenvalue weighted by Gasteiger charge is -2.37. The number of furan rings is 2. The van der Waals surface area contributed by atoms with Gasteiger partial charge in [0.1, 0.15) is 11.2 Å². The molecule has 0 aliphatic heterocycles. The molecule has 0 radical (unpaired) electrons. The van der Waals surface area contributed by atoms with Gasteiger partial charge in [0.2, 0.25) is 0 Å². The Labute approximate surface area is 469 Å². The topological polar surface area (TPSA) is 32.8 Å². The summed E-state index contributed by atoms with van der Waals surface area (Å²) in [4.78, 5) is 4.88. The summed E-state index contributed by atoms with van der Waals surface area (Å²) >= 11 is 0. The number of nitrogens with zero attached hydrogens (tertiary/aromatic N) is 2. The molecule has 0 spiro atoms. The van der Waals surface area contributed by atoms with E-state index in [1.807, 2.05) is 0 Å². The molecule has 10 aromatic carbocycles. The fourth-order valence-electron chi connectivity index (χ4n) is 15.6. The highest BCUT2D eigenvalue weighted by molar-refractivity contribution is 6.15. The van der Waals surface area contributed by atoms with Gasteiger partial charge < -0.3 is 18.6 Å². The minimum Gasteiger partial charge on any atom is -0.454 e. The van der Waals surface area contributed by atoms with E-state index in [4.69, 9.17) is 8.83 Å². The van der Waals surface area contributed by atoms with Crippen LogP contribution in [0.5, 0.6) is 0 Å². The van der Waals surface area contributed by atoms with Crippen LogP contribution in [0.15, 0.2) is 203 Å². The Morgan fingerprint density at radius 1 is 0.325 bits per heavy atom. The van der Waals surface area contributed by atoms with E-state index in [-0.39, 0.29) is 10.8 Å². The van der Waals surface area contributed by atoms with E-state index >= 15 is 0 Å². The Morgan fingerprint density at radius 2 is 0.775 bits per heavy atom. The van der Waals surface area contributed by atoms with Gasteiger partial charge in [-0.25, -0.2) is 0 Å². The molecule has 2 saturated carbocycles. The first-order valence-corrected chi connectivity index (χ1v) is 29.7. The number of anilines is 6. The predicted molar refractivity (Wildman–Crippen MR) is 335 cm³/mol. The Bertz CT molecular complexity index is 4450. The molecule has 2 fully saturated rings. The van der Waals surface area contributed by atoms with Gasteiger partial charge in [-0.1, -0.05) is 194 Å². The first-order chi connectivity index (χ1) is 39.2. The highest BCUT2D eigenvalue weighted by Gasteiger charge is 2.42. The first kappa shape index (κ1) is 47.6.